The summed E-state index contributed by atoms with van der Waals surface area (Å²) in [4.78, 5) is 18.7. The first-order valence-electron chi connectivity index (χ1n) is 10.9. The maximum Gasteiger partial charge on any atom is 0.408 e. The normalized spacial score (nSPS) is 15.3. The molecule has 0 radical (unpaired) electrons. The van der Waals surface area contributed by atoms with Crippen LogP contribution in [0.3, 0.4) is 0 Å². The van der Waals surface area contributed by atoms with E-state index in [2.05, 4.69) is 10.1 Å². The summed E-state index contributed by atoms with van der Waals surface area (Å²) in [6, 6.07) is 5.14. The molecule has 0 saturated carbocycles. The van der Waals surface area contributed by atoms with Crippen LogP contribution in [0, 0.1) is 11.6 Å². The fourth-order valence-corrected chi connectivity index (χ4v) is 4.43. The van der Waals surface area contributed by atoms with E-state index in [1.54, 1.807) is 11.0 Å². The summed E-state index contributed by atoms with van der Waals surface area (Å²) in [7, 11) is 0. The van der Waals surface area contributed by atoms with Crippen LogP contribution >= 0.6 is 0 Å². The van der Waals surface area contributed by atoms with Gasteiger partial charge in [-0.2, -0.15) is 18.3 Å². The Morgan fingerprint density at radius 2 is 1.76 bits per heavy atom. The number of amides is 1. The van der Waals surface area contributed by atoms with Gasteiger partial charge in [-0.05, 0) is 31.0 Å². The zero-order valence-corrected chi connectivity index (χ0v) is 17.9. The standard InChI is InChI=1S/C23H20F5N5O/c24-15-10-17(25)21-29-11-19(32(21)12-15)20-16-6-5-14(22(34)31-7-3-1-2-4-8-31)9-18(16)33(30-20)13-23(26,27)28/h5-6,9-12H,1-4,7-8,13H2. The van der Waals surface area contributed by atoms with Gasteiger partial charge in [-0.1, -0.05) is 12.8 Å². The molecular weight excluding hydrogens is 457 g/mol. The summed E-state index contributed by atoms with van der Waals surface area (Å²) in [6.45, 7) is -0.184. The van der Waals surface area contributed by atoms with Crippen molar-refractivity contribution in [3.8, 4) is 11.4 Å². The van der Waals surface area contributed by atoms with E-state index in [1.807, 2.05) is 0 Å². The molecule has 4 aromatic rings. The lowest BCUT2D eigenvalue weighted by Crippen LogP contribution is -2.31. The van der Waals surface area contributed by atoms with E-state index in [-0.39, 0.29) is 34.0 Å². The molecule has 3 aromatic heterocycles. The molecule has 0 spiro atoms. The molecule has 1 aliphatic heterocycles. The van der Waals surface area contributed by atoms with Gasteiger partial charge in [0.1, 0.15) is 18.1 Å². The van der Waals surface area contributed by atoms with Crippen molar-refractivity contribution in [2.75, 3.05) is 13.1 Å². The van der Waals surface area contributed by atoms with Crippen molar-refractivity contribution in [2.45, 2.75) is 38.4 Å². The molecule has 178 valence electrons. The highest BCUT2D eigenvalue weighted by atomic mass is 19.4. The molecule has 1 aromatic carbocycles. The van der Waals surface area contributed by atoms with Crippen molar-refractivity contribution >= 4 is 22.5 Å². The number of halogens is 5. The van der Waals surface area contributed by atoms with E-state index >= 15 is 0 Å². The van der Waals surface area contributed by atoms with Crippen molar-refractivity contribution in [1.29, 1.82) is 0 Å². The summed E-state index contributed by atoms with van der Waals surface area (Å²) in [5, 5.41) is 4.43. The summed E-state index contributed by atoms with van der Waals surface area (Å²) >= 11 is 0. The number of benzene rings is 1. The van der Waals surface area contributed by atoms with Gasteiger partial charge in [0.25, 0.3) is 5.91 Å². The number of fused-ring (bicyclic) bond motifs is 2. The van der Waals surface area contributed by atoms with Crippen LogP contribution in [0.15, 0.2) is 36.7 Å². The molecule has 6 nitrogen and oxygen atoms in total. The van der Waals surface area contributed by atoms with E-state index < -0.39 is 24.4 Å². The summed E-state index contributed by atoms with van der Waals surface area (Å²) in [5.74, 6) is -2.02. The van der Waals surface area contributed by atoms with Crippen molar-refractivity contribution in [2.24, 2.45) is 0 Å². The Labute approximate surface area is 190 Å². The highest BCUT2D eigenvalue weighted by Gasteiger charge is 2.31. The number of hydrogen-bond acceptors (Lipinski definition) is 3. The first-order valence-corrected chi connectivity index (χ1v) is 10.9. The van der Waals surface area contributed by atoms with Crippen LogP contribution in [0.5, 0.6) is 0 Å². The van der Waals surface area contributed by atoms with Gasteiger partial charge < -0.3 is 4.90 Å². The third-order valence-electron chi connectivity index (χ3n) is 5.99. The molecule has 1 saturated heterocycles. The topological polar surface area (TPSA) is 55.4 Å². The van der Waals surface area contributed by atoms with Crippen molar-refractivity contribution < 1.29 is 26.7 Å². The Hall–Kier alpha value is -3.50. The highest BCUT2D eigenvalue weighted by molar-refractivity contribution is 6.01. The molecule has 0 bridgehead atoms. The summed E-state index contributed by atoms with van der Waals surface area (Å²) in [6.07, 6.45) is 1.48. The molecule has 0 atom stereocenters. The lowest BCUT2D eigenvalue weighted by atomic mass is 10.1. The first-order chi connectivity index (χ1) is 16.2. The molecule has 1 fully saturated rings. The minimum atomic E-state index is -4.57. The van der Waals surface area contributed by atoms with E-state index in [9.17, 15) is 26.7 Å². The number of pyridine rings is 1. The Bertz CT molecular complexity index is 1380. The second-order valence-electron chi connectivity index (χ2n) is 8.40. The van der Waals surface area contributed by atoms with Gasteiger partial charge in [0, 0.05) is 36.3 Å². The van der Waals surface area contributed by atoms with Gasteiger partial charge in [0.2, 0.25) is 0 Å². The number of rotatable bonds is 3. The number of likely N-dealkylation sites (tertiary alicyclic amines) is 1. The average molecular weight is 477 g/mol. The number of imidazole rings is 1. The molecule has 5 rings (SSSR count). The number of nitrogens with zero attached hydrogens (tertiary/aromatic N) is 5. The van der Waals surface area contributed by atoms with Gasteiger partial charge in [-0.15, -0.1) is 0 Å². The molecule has 11 heteroatoms. The van der Waals surface area contributed by atoms with Crippen LogP contribution in [0.4, 0.5) is 22.0 Å². The SMILES string of the molecule is O=C(c1ccc2c(-c3cnc4c(F)cc(F)cn34)nn(CC(F)(F)F)c2c1)N1CCCCCC1. The maximum absolute atomic E-state index is 14.1. The van der Waals surface area contributed by atoms with Crippen molar-refractivity contribution in [1.82, 2.24) is 24.1 Å². The van der Waals surface area contributed by atoms with Gasteiger partial charge in [0.05, 0.1) is 17.4 Å². The fraction of sp³-hybridized carbons (Fsp3) is 0.348. The molecule has 34 heavy (non-hydrogen) atoms. The zero-order valence-electron chi connectivity index (χ0n) is 17.9. The monoisotopic (exact) mass is 477 g/mol. The second-order valence-corrected chi connectivity index (χ2v) is 8.40. The summed E-state index contributed by atoms with van der Waals surface area (Å²) < 4.78 is 69.8. The minimum Gasteiger partial charge on any atom is -0.339 e. The molecule has 0 aliphatic carbocycles. The molecule has 0 unspecified atom stereocenters. The highest BCUT2D eigenvalue weighted by Crippen LogP contribution is 2.32. The second kappa shape index (κ2) is 8.37. The smallest absolute Gasteiger partial charge is 0.339 e. The summed E-state index contributed by atoms with van der Waals surface area (Å²) in [5.41, 5.74) is 0.388. The van der Waals surface area contributed by atoms with Gasteiger partial charge >= 0.3 is 6.18 Å². The largest absolute Gasteiger partial charge is 0.408 e. The third kappa shape index (κ3) is 4.10. The Morgan fingerprint density at radius 3 is 2.47 bits per heavy atom. The lowest BCUT2D eigenvalue weighted by molar-refractivity contribution is -0.141. The number of carbonyl (C=O) groups is 1. The van der Waals surface area contributed by atoms with E-state index in [4.69, 9.17) is 0 Å². The minimum absolute atomic E-state index is 0.0746. The Morgan fingerprint density at radius 1 is 1.03 bits per heavy atom. The van der Waals surface area contributed by atoms with E-state index in [1.165, 1.54) is 18.3 Å². The van der Waals surface area contributed by atoms with Crippen LogP contribution < -0.4 is 0 Å². The van der Waals surface area contributed by atoms with E-state index in [0.29, 0.717) is 24.5 Å². The quantitative estimate of drug-likeness (QED) is 0.381. The van der Waals surface area contributed by atoms with Crippen LogP contribution in [0.2, 0.25) is 0 Å². The first kappa shape index (κ1) is 22.3. The number of hydrogen-bond donors (Lipinski definition) is 0. The van der Waals surface area contributed by atoms with E-state index in [0.717, 1.165) is 41.0 Å². The predicted molar refractivity (Wildman–Crippen MR) is 114 cm³/mol. The average Bonchev–Trinajstić information content (AvgIpc) is 3.21. The molecule has 4 heterocycles. The molecule has 0 N–H and O–H groups in total. The molecule has 1 amide bonds. The molecule has 1 aliphatic rings. The predicted octanol–water partition coefficient (Wildman–Crippen LogP) is 5.21. The Balaban J connectivity index is 1.65. The number of carbonyl (C=O) groups excluding carboxylic acids is 1. The zero-order chi connectivity index (χ0) is 24.0. The van der Waals surface area contributed by atoms with Crippen molar-refractivity contribution in [3.63, 3.8) is 0 Å². The van der Waals surface area contributed by atoms with Gasteiger partial charge in [-0.3, -0.25) is 13.9 Å². The maximum atomic E-state index is 14.1. The van der Waals surface area contributed by atoms with Crippen LogP contribution in [-0.2, 0) is 6.54 Å². The molecular formula is C23H20F5N5O. The number of alkyl halides is 3. The van der Waals surface area contributed by atoms with Crippen LogP contribution in [0.25, 0.3) is 27.9 Å². The number of aromatic nitrogens is 4. The van der Waals surface area contributed by atoms with Gasteiger partial charge in [0.15, 0.2) is 11.5 Å². The third-order valence-corrected chi connectivity index (χ3v) is 5.99. The Kier molecular flexibility index (Phi) is 5.49. The van der Waals surface area contributed by atoms with Gasteiger partial charge in [-0.25, -0.2) is 13.8 Å². The lowest BCUT2D eigenvalue weighted by Gasteiger charge is -2.20. The van der Waals surface area contributed by atoms with Crippen LogP contribution in [-0.4, -0.2) is 49.2 Å². The van der Waals surface area contributed by atoms with Crippen LogP contribution in [0.1, 0.15) is 36.0 Å². The fourth-order valence-electron chi connectivity index (χ4n) is 4.43. The van der Waals surface area contributed by atoms with Crippen molar-refractivity contribution in [3.05, 3.63) is 53.9 Å².